The molecule has 0 saturated carbocycles. The second-order valence-corrected chi connectivity index (χ2v) is 5.92. The van der Waals surface area contributed by atoms with Gasteiger partial charge in [-0.2, -0.15) is 0 Å². The average Bonchev–Trinajstić information content (AvgIpc) is 2.86. The summed E-state index contributed by atoms with van der Waals surface area (Å²) < 4.78 is 0. The highest BCUT2D eigenvalue weighted by Gasteiger charge is 2.17. The molecule has 0 aliphatic rings. The summed E-state index contributed by atoms with van der Waals surface area (Å²) >= 11 is 7.19. The zero-order chi connectivity index (χ0) is 14.5. The lowest BCUT2D eigenvalue weighted by Crippen LogP contribution is -2.22. The number of thioether (sulfide) groups is 1. The van der Waals surface area contributed by atoms with E-state index in [-0.39, 0.29) is 11.2 Å². The minimum absolute atomic E-state index is 0.111. The predicted octanol–water partition coefficient (Wildman–Crippen LogP) is 3.14. The molecule has 5 nitrogen and oxygen atoms in total. The standard InChI is InChI=1S/C13H15ClN4OS/c1-3-11-16-13(18-17-11)20-8(2)12(19)15-10-6-4-5-9(14)7-10/h4-8H,3H2,1-2H3,(H,15,19)(H,16,17,18). The van der Waals surface area contributed by atoms with Crippen LogP contribution in [-0.4, -0.2) is 26.3 Å². The number of hydrogen-bond donors (Lipinski definition) is 2. The number of H-pyrrole nitrogens is 1. The number of nitrogens with one attached hydrogen (secondary N) is 2. The first-order chi connectivity index (χ1) is 9.58. The van der Waals surface area contributed by atoms with Gasteiger partial charge in [0.2, 0.25) is 11.1 Å². The molecule has 0 aliphatic heterocycles. The van der Waals surface area contributed by atoms with Crippen LogP contribution in [0.15, 0.2) is 29.4 Å². The van der Waals surface area contributed by atoms with Crippen molar-refractivity contribution in [2.75, 3.05) is 5.32 Å². The summed E-state index contributed by atoms with van der Waals surface area (Å²) in [5.74, 6) is 0.704. The first kappa shape index (κ1) is 14.9. The molecule has 7 heteroatoms. The van der Waals surface area contributed by atoms with E-state index in [2.05, 4.69) is 20.5 Å². The Morgan fingerprint density at radius 3 is 3.00 bits per heavy atom. The van der Waals surface area contributed by atoms with E-state index >= 15 is 0 Å². The number of aromatic nitrogens is 3. The Bertz CT molecular complexity index is 602. The van der Waals surface area contributed by atoms with Gasteiger partial charge in [0.05, 0.1) is 5.25 Å². The van der Waals surface area contributed by atoms with Gasteiger partial charge in [-0.3, -0.25) is 9.89 Å². The van der Waals surface area contributed by atoms with E-state index < -0.39 is 0 Å². The lowest BCUT2D eigenvalue weighted by atomic mass is 10.3. The van der Waals surface area contributed by atoms with E-state index in [1.807, 2.05) is 13.8 Å². The van der Waals surface area contributed by atoms with Crippen LogP contribution in [0.1, 0.15) is 19.7 Å². The van der Waals surface area contributed by atoms with E-state index in [0.29, 0.717) is 15.9 Å². The van der Waals surface area contributed by atoms with Crippen molar-refractivity contribution in [1.82, 2.24) is 15.2 Å². The second kappa shape index (κ2) is 6.76. The lowest BCUT2D eigenvalue weighted by molar-refractivity contribution is -0.115. The summed E-state index contributed by atoms with van der Waals surface area (Å²) in [5.41, 5.74) is 0.680. The van der Waals surface area contributed by atoms with Crippen LogP contribution < -0.4 is 5.32 Å². The molecule has 0 radical (unpaired) electrons. The number of halogens is 1. The topological polar surface area (TPSA) is 70.7 Å². The van der Waals surface area contributed by atoms with Gasteiger partial charge in [0.15, 0.2) is 0 Å². The molecule has 0 aliphatic carbocycles. The van der Waals surface area contributed by atoms with Crippen molar-refractivity contribution in [3.8, 4) is 0 Å². The number of benzene rings is 1. The Labute approximate surface area is 126 Å². The maximum Gasteiger partial charge on any atom is 0.237 e. The number of aromatic amines is 1. The predicted molar refractivity (Wildman–Crippen MR) is 81.2 cm³/mol. The molecule has 0 bridgehead atoms. The van der Waals surface area contributed by atoms with Crippen LogP contribution in [0.4, 0.5) is 5.69 Å². The first-order valence-corrected chi connectivity index (χ1v) is 7.48. The minimum Gasteiger partial charge on any atom is -0.325 e. The Morgan fingerprint density at radius 1 is 1.55 bits per heavy atom. The van der Waals surface area contributed by atoms with Gasteiger partial charge in [0.25, 0.3) is 0 Å². The van der Waals surface area contributed by atoms with Gasteiger partial charge in [-0.1, -0.05) is 36.4 Å². The van der Waals surface area contributed by atoms with E-state index in [9.17, 15) is 4.79 Å². The molecule has 1 atom stereocenters. The van der Waals surface area contributed by atoms with Crippen LogP contribution in [0.25, 0.3) is 0 Å². The van der Waals surface area contributed by atoms with Crippen molar-refractivity contribution >= 4 is 35.0 Å². The van der Waals surface area contributed by atoms with Crippen molar-refractivity contribution < 1.29 is 4.79 Å². The zero-order valence-corrected chi connectivity index (χ0v) is 12.8. The summed E-state index contributed by atoms with van der Waals surface area (Å²) in [5, 5.41) is 10.6. The molecule has 0 saturated heterocycles. The summed E-state index contributed by atoms with van der Waals surface area (Å²) in [4.78, 5) is 16.3. The number of rotatable bonds is 5. The molecule has 1 aromatic heterocycles. The third-order valence-electron chi connectivity index (χ3n) is 2.59. The number of carbonyl (C=O) groups excluding carboxylic acids is 1. The quantitative estimate of drug-likeness (QED) is 0.832. The fraction of sp³-hybridized carbons (Fsp3) is 0.308. The van der Waals surface area contributed by atoms with Gasteiger partial charge >= 0.3 is 0 Å². The maximum absolute atomic E-state index is 12.1. The van der Waals surface area contributed by atoms with Gasteiger partial charge in [-0.05, 0) is 25.1 Å². The summed E-state index contributed by atoms with van der Waals surface area (Å²) in [6.07, 6.45) is 0.788. The molecule has 20 heavy (non-hydrogen) atoms. The lowest BCUT2D eigenvalue weighted by Gasteiger charge is -2.10. The smallest absolute Gasteiger partial charge is 0.237 e. The highest BCUT2D eigenvalue weighted by Crippen LogP contribution is 2.21. The van der Waals surface area contributed by atoms with Crippen molar-refractivity contribution in [3.63, 3.8) is 0 Å². The first-order valence-electron chi connectivity index (χ1n) is 6.23. The van der Waals surface area contributed by atoms with E-state index in [4.69, 9.17) is 11.6 Å². The van der Waals surface area contributed by atoms with Gasteiger partial charge in [-0.25, -0.2) is 4.98 Å². The zero-order valence-electron chi connectivity index (χ0n) is 11.2. The van der Waals surface area contributed by atoms with Crippen LogP contribution in [0.5, 0.6) is 0 Å². The van der Waals surface area contributed by atoms with E-state index in [1.165, 1.54) is 11.8 Å². The molecule has 1 amide bonds. The minimum atomic E-state index is -0.297. The Balaban J connectivity index is 1.95. The Hall–Kier alpha value is -1.53. The molecular weight excluding hydrogens is 296 g/mol. The number of hydrogen-bond acceptors (Lipinski definition) is 4. The highest BCUT2D eigenvalue weighted by molar-refractivity contribution is 8.00. The van der Waals surface area contributed by atoms with Crippen LogP contribution >= 0.6 is 23.4 Å². The average molecular weight is 311 g/mol. The van der Waals surface area contributed by atoms with Gasteiger partial charge in [0.1, 0.15) is 5.82 Å². The van der Waals surface area contributed by atoms with Crippen molar-refractivity contribution in [2.24, 2.45) is 0 Å². The van der Waals surface area contributed by atoms with Crippen LogP contribution in [0.3, 0.4) is 0 Å². The van der Waals surface area contributed by atoms with Gasteiger partial charge in [-0.15, -0.1) is 5.10 Å². The normalized spacial score (nSPS) is 12.2. The van der Waals surface area contributed by atoms with Crippen molar-refractivity contribution in [3.05, 3.63) is 35.1 Å². The second-order valence-electron chi connectivity index (χ2n) is 4.18. The molecule has 2 N–H and O–H groups in total. The molecular formula is C13H15ClN4OS. The molecule has 106 valence electrons. The van der Waals surface area contributed by atoms with Gasteiger partial charge in [0, 0.05) is 17.1 Å². The van der Waals surface area contributed by atoms with Crippen molar-refractivity contribution in [1.29, 1.82) is 0 Å². The summed E-state index contributed by atoms with van der Waals surface area (Å²) in [7, 11) is 0. The molecule has 1 heterocycles. The fourth-order valence-electron chi connectivity index (χ4n) is 1.51. The molecule has 0 fully saturated rings. The molecule has 0 spiro atoms. The maximum atomic E-state index is 12.1. The van der Waals surface area contributed by atoms with Crippen molar-refractivity contribution in [2.45, 2.75) is 30.7 Å². The fourth-order valence-corrected chi connectivity index (χ4v) is 2.44. The van der Waals surface area contributed by atoms with Gasteiger partial charge < -0.3 is 5.32 Å². The largest absolute Gasteiger partial charge is 0.325 e. The number of nitrogens with zero attached hydrogens (tertiary/aromatic N) is 2. The SMILES string of the molecule is CCc1nc(SC(C)C(=O)Nc2cccc(Cl)c2)n[nH]1. The van der Waals surface area contributed by atoms with Crippen LogP contribution in [0.2, 0.25) is 5.02 Å². The summed E-state index contributed by atoms with van der Waals surface area (Å²) in [6.45, 7) is 3.80. The molecule has 1 aromatic carbocycles. The Morgan fingerprint density at radius 2 is 2.35 bits per heavy atom. The molecule has 2 rings (SSSR count). The Kier molecular flexibility index (Phi) is 5.03. The molecule has 2 aromatic rings. The molecule has 1 unspecified atom stereocenters. The number of carbonyl (C=O) groups is 1. The number of anilines is 1. The summed E-state index contributed by atoms with van der Waals surface area (Å²) in [6, 6.07) is 7.05. The van der Waals surface area contributed by atoms with Crippen LogP contribution in [0, 0.1) is 0 Å². The van der Waals surface area contributed by atoms with E-state index in [1.54, 1.807) is 24.3 Å². The van der Waals surface area contributed by atoms with Crippen LogP contribution in [-0.2, 0) is 11.2 Å². The van der Waals surface area contributed by atoms with E-state index in [0.717, 1.165) is 12.2 Å². The highest BCUT2D eigenvalue weighted by atomic mass is 35.5. The third-order valence-corrected chi connectivity index (χ3v) is 3.79. The number of amides is 1. The monoisotopic (exact) mass is 310 g/mol. The third kappa shape index (κ3) is 3.98. The number of aryl methyl sites for hydroxylation is 1.